The largest absolute Gasteiger partial charge is 0.497 e. The van der Waals surface area contributed by atoms with E-state index in [1.165, 1.54) is 0 Å². The van der Waals surface area contributed by atoms with Crippen molar-refractivity contribution in [2.45, 2.75) is 25.4 Å². The van der Waals surface area contributed by atoms with Crippen LogP contribution in [0.4, 0.5) is 5.69 Å². The Morgan fingerprint density at radius 1 is 1.06 bits per heavy atom. The highest BCUT2D eigenvalue weighted by atomic mass is 32.1. The molecule has 0 amide bonds. The number of hydrogen-bond donors (Lipinski definition) is 2. The van der Waals surface area contributed by atoms with Crippen LogP contribution < -0.4 is 25.7 Å². The van der Waals surface area contributed by atoms with Crippen LogP contribution in [0.5, 0.6) is 11.5 Å². The second kappa shape index (κ2) is 10.6. The third-order valence-electron chi connectivity index (χ3n) is 5.96. The Balaban J connectivity index is 1.28. The summed E-state index contributed by atoms with van der Waals surface area (Å²) in [7, 11) is 3.25. The zero-order chi connectivity index (χ0) is 23.2. The lowest BCUT2D eigenvalue weighted by atomic mass is 10.1. The Labute approximate surface area is 198 Å². The summed E-state index contributed by atoms with van der Waals surface area (Å²) in [5.74, 6) is 1.46. The highest BCUT2D eigenvalue weighted by molar-refractivity contribution is 7.80. The van der Waals surface area contributed by atoms with Gasteiger partial charge in [-0.3, -0.25) is 9.78 Å². The summed E-state index contributed by atoms with van der Waals surface area (Å²) in [6.45, 7) is 3.31. The number of anilines is 1. The molecule has 2 N–H and O–H groups in total. The molecule has 0 atom stereocenters. The molecule has 1 aliphatic heterocycles. The maximum Gasteiger partial charge on any atom is 0.251 e. The number of aromatic nitrogens is 2. The van der Waals surface area contributed by atoms with E-state index in [1.54, 1.807) is 37.1 Å². The molecule has 3 aromatic rings. The van der Waals surface area contributed by atoms with Gasteiger partial charge in [0.15, 0.2) is 5.11 Å². The minimum atomic E-state index is -0.0240. The van der Waals surface area contributed by atoms with Gasteiger partial charge in [0.2, 0.25) is 0 Å². The molecule has 2 aromatic heterocycles. The molecular weight excluding hydrogens is 438 g/mol. The van der Waals surface area contributed by atoms with Crippen LogP contribution in [0.15, 0.2) is 53.5 Å². The lowest BCUT2D eigenvalue weighted by Crippen LogP contribution is -2.46. The van der Waals surface area contributed by atoms with Gasteiger partial charge in [-0.05, 0) is 55.4 Å². The van der Waals surface area contributed by atoms with Crippen molar-refractivity contribution < 1.29 is 9.47 Å². The smallest absolute Gasteiger partial charge is 0.251 e. The highest BCUT2D eigenvalue weighted by Crippen LogP contribution is 2.18. The summed E-state index contributed by atoms with van der Waals surface area (Å²) in [5, 5.41) is 7.28. The number of rotatable bonds is 7. The summed E-state index contributed by atoms with van der Waals surface area (Å²) >= 11 is 5.48. The van der Waals surface area contributed by atoms with E-state index in [2.05, 4.69) is 20.5 Å². The first-order chi connectivity index (χ1) is 16.1. The normalized spacial score (nSPS) is 14.7. The standard InChI is InChI=1S/C24H29N5O3S/c1-31-19-5-3-17(4-6-19)26-24(33)27-18-9-11-28(12-10-18)13-14-29-22-15-20(32-2)16-25-21(22)7-8-23(29)30/h3-8,15-16,18H,9-14H2,1-2H3,(H2,26,27,33). The van der Waals surface area contributed by atoms with Gasteiger partial charge in [-0.1, -0.05) is 0 Å². The van der Waals surface area contributed by atoms with Crippen molar-refractivity contribution in [2.75, 3.05) is 39.2 Å². The first-order valence-electron chi connectivity index (χ1n) is 11.0. The first-order valence-corrected chi connectivity index (χ1v) is 11.4. The molecule has 1 aromatic carbocycles. The number of methoxy groups -OCH3 is 2. The molecule has 3 heterocycles. The summed E-state index contributed by atoms with van der Waals surface area (Å²) < 4.78 is 12.3. The Bertz CT molecular complexity index is 1160. The Hall–Kier alpha value is -3.17. The van der Waals surface area contributed by atoms with E-state index >= 15 is 0 Å². The first kappa shape index (κ1) is 23.0. The van der Waals surface area contributed by atoms with Gasteiger partial charge in [0, 0.05) is 50.0 Å². The van der Waals surface area contributed by atoms with Crippen LogP contribution in [-0.4, -0.2) is 59.5 Å². The molecule has 4 rings (SSSR count). The second-order valence-corrected chi connectivity index (χ2v) is 8.45. The summed E-state index contributed by atoms with van der Waals surface area (Å²) in [6.07, 6.45) is 3.65. The number of piperidine rings is 1. The predicted octanol–water partition coefficient (Wildman–Crippen LogP) is 2.86. The van der Waals surface area contributed by atoms with Crippen LogP contribution in [0.1, 0.15) is 12.8 Å². The summed E-state index contributed by atoms with van der Waals surface area (Å²) in [5.41, 5.74) is 2.49. The van der Waals surface area contributed by atoms with Gasteiger partial charge in [0.1, 0.15) is 11.5 Å². The minimum absolute atomic E-state index is 0.0240. The molecule has 0 spiro atoms. The van der Waals surface area contributed by atoms with Gasteiger partial charge in [0.05, 0.1) is 31.4 Å². The van der Waals surface area contributed by atoms with E-state index in [1.807, 2.05) is 30.3 Å². The minimum Gasteiger partial charge on any atom is -0.497 e. The molecule has 1 fully saturated rings. The zero-order valence-corrected chi connectivity index (χ0v) is 19.7. The van der Waals surface area contributed by atoms with Crippen molar-refractivity contribution in [3.05, 3.63) is 59.0 Å². The second-order valence-electron chi connectivity index (χ2n) is 8.05. The quantitative estimate of drug-likeness (QED) is 0.514. The Kier molecular flexibility index (Phi) is 7.41. The molecule has 0 unspecified atom stereocenters. The number of likely N-dealkylation sites (tertiary alicyclic amines) is 1. The van der Waals surface area contributed by atoms with Gasteiger partial charge in [0.25, 0.3) is 5.56 Å². The third kappa shape index (κ3) is 5.80. The van der Waals surface area contributed by atoms with Crippen molar-refractivity contribution in [1.82, 2.24) is 19.8 Å². The Morgan fingerprint density at radius 3 is 2.48 bits per heavy atom. The lowest BCUT2D eigenvalue weighted by Gasteiger charge is -2.33. The number of nitrogens with one attached hydrogen (secondary N) is 2. The fraction of sp³-hybridized carbons (Fsp3) is 0.375. The van der Waals surface area contributed by atoms with E-state index in [0.717, 1.165) is 54.9 Å². The molecule has 33 heavy (non-hydrogen) atoms. The molecular formula is C24H29N5O3S. The molecule has 9 heteroatoms. The number of benzene rings is 1. The van der Waals surface area contributed by atoms with Crippen LogP contribution in [0.2, 0.25) is 0 Å². The van der Waals surface area contributed by atoms with Gasteiger partial charge in [-0.15, -0.1) is 0 Å². The van der Waals surface area contributed by atoms with Crippen LogP contribution in [0, 0.1) is 0 Å². The van der Waals surface area contributed by atoms with E-state index in [4.69, 9.17) is 21.7 Å². The van der Waals surface area contributed by atoms with Gasteiger partial charge < -0.3 is 29.6 Å². The molecule has 174 valence electrons. The third-order valence-corrected chi connectivity index (χ3v) is 6.18. The molecule has 1 aliphatic rings. The monoisotopic (exact) mass is 467 g/mol. The molecule has 0 saturated carbocycles. The van der Waals surface area contributed by atoms with Crippen LogP contribution in [0.25, 0.3) is 11.0 Å². The number of hydrogen-bond acceptors (Lipinski definition) is 6. The van der Waals surface area contributed by atoms with Gasteiger partial charge in [-0.25, -0.2) is 0 Å². The van der Waals surface area contributed by atoms with Crippen LogP contribution >= 0.6 is 12.2 Å². The number of ether oxygens (including phenoxy) is 2. The summed E-state index contributed by atoms with van der Waals surface area (Å²) in [4.78, 5) is 19.3. The average Bonchev–Trinajstić information content (AvgIpc) is 2.84. The fourth-order valence-corrected chi connectivity index (χ4v) is 4.34. The van der Waals surface area contributed by atoms with Crippen LogP contribution in [-0.2, 0) is 6.54 Å². The van der Waals surface area contributed by atoms with Crippen molar-refractivity contribution in [3.63, 3.8) is 0 Å². The van der Waals surface area contributed by atoms with E-state index in [0.29, 0.717) is 23.4 Å². The number of nitrogens with zero attached hydrogens (tertiary/aromatic N) is 3. The topological polar surface area (TPSA) is 80.7 Å². The molecule has 0 aliphatic carbocycles. The number of thiocarbonyl (C=S) groups is 1. The molecule has 0 bridgehead atoms. The van der Waals surface area contributed by atoms with Gasteiger partial charge in [-0.2, -0.15) is 0 Å². The van der Waals surface area contributed by atoms with E-state index < -0.39 is 0 Å². The van der Waals surface area contributed by atoms with E-state index in [9.17, 15) is 4.79 Å². The molecule has 0 radical (unpaired) electrons. The molecule has 1 saturated heterocycles. The zero-order valence-electron chi connectivity index (χ0n) is 18.9. The lowest BCUT2D eigenvalue weighted by molar-refractivity contribution is 0.200. The average molecular weight is 468 g/mol. The van der Waals surface area contributed by atoms with Gasteiger partial charge >= 0.3 is 0 Å². The number of pyridine rings is 2. The Morgan fingerprint density at radius 2 is 1.79 bits per heavy atom. The van der Waals surface area contributed by atoms with Crippen LogP contribution in [0.3, 0.4) is 0 Å². The maximum atomic E-state index is 12.5. The van der Waals surface area contributed by atoms with Crippen molar-refractivity contribution in [1.29, 1.82) is 0 Å². The fourth-order valence-electron chi connectivity index (χ4n) is 4.06. The summed E-state index contributed by atoms with van der Waals surface area (Å²) in [6, 6.07) is 13.2. The predicted molar refractivity (Wildman–Crippen MR) is 134 cm³/mol. The van der Waals surface area contributed by atoms with Crippen molar-refractivity contribution in [3.8, 4) is 11.5 Å². The number of fused-ring (bicyclic) bond motifs is 1. The molecule has 8 nitrogen and oxygen atoms in total. The SMILES string of the molecule is COc1ccc(NC(=S)NC2CCN(CCn3c(=O)ccc4ncc(OC)cc43)CC2)cc1. The maximum absolute atomic E-state index is 12.5. The van der Waals surface area contributed by atoms with Crippen molar-refractivity contribution in [2.24, 2.45) is 0 Å². The van der Waals surface area contributed by atoms with Crippen molar-refractivity contribution >= 4 is 34.1 Å². The van der Waals surface area contributed by atoms with E-state index in [-0.39, 0.29) is 5.56 Å². The highest BCUT2D eigenvalue weighted by Gasteiger charge is 2.20.